The van der Waals surface area contributed by atoms with Crippen LogP contribution < -0.4 is 10.3 Å². The zero-order valence-corrected chi connectivity index (χ0v) is 15.5. The molecule has 0 aliphatic carbocycles. The van der Waals surface area contributed by atoms with Gasteiger partial charge in [0.15, 0.2) is 0 Å². The normalized spacial score (nSPS) is 10.8. The van der Waals surface area contributed by atoms with E-state index < -0.39 is 5.82 Å². The predicted octanol–water partition coefficient (Wildman–Crippen LogP) is 4.95. The van der Waals surface area contributed by atoms with Gasteiger partial charge in [-0.2, -0.15) is 5.54 Å². The number of rotatable bonds is 5. The van der Waals surface area contributed by atoms with E-state index in [4.69, 9.17) is 0 Å². The number of hydrogen-bond acceptors (Lipinski definition) is 7. The summed E-state index contributed by atoms with van der Waals surface area (Å²) < 4.78 is 30.1. The molecule has 9 heteroatoms. The first-order chi connectivity index (χ1) is 13.6. The Morgan fingerprint density at radius 3 is 2.71 bits per heavy atom. The summed E-state index contributed by atoms with van der Waals surface area (Å²) in [4.78, 5) is 17.3. The van der Waals surface area contributed by atoms with Crippen LogP contribution in [0.4, 0.5) is 20.5 Å². The molecule has 0 radical (unpaired) electrons. The number of benzene rings is 1. The van der Waals surface area contributed by atoms with Crippen LogP contribution >= 0.6 is 11.9 Å². The molecule has 0 atom stereocenters. The fourth-order valence-corrected chi connectivity index (χ4v) is 3.31. The first-order valence-corrected chi connectivity index (χ1v) is 9.09. The number of hydrogen-bond donors (Lipinski definition) is 2. The molecule has 0 fully saturated rings. The van der Waals surface area contributed by atoms with Crippen molar-refractivity contribution in [1.29, 1.82) is 0 Å². The van der Waals surface area contributed by atoms with Gasteiger partial charge >= 0.3 is 0 Å². The van der Waals surface area contributed by atoms with Gasteiger partial charge in [-0.25, -0.2) is 19.3 Å². The van der Waals surface area contributed by atoms with Crippen LogP contribution in [-0.2, 0) is 0 Å². The van der Waals surface area contributed by atoms with Crippen molar-refractivity contribution < 1.29 is 8.87 Å². The van der Waals surface area contributed by atoms with Crippen molar-refractivity contribution >= 4 is 34.6 Å². The van der Waals surface area contributed by atoms with Gasteiger partial charge in [-0.3, -0.25) is 4.98 Å². The van der Waals surface area contributed by atoms with Gasteiger partial charge in [0.05, 0.1) is 23.1 Å². The van der Waals surface area contributed by atoms with Crippen LogP contribution in [0.15, 0.2) is 59.9 Å². The molecule has 0 saturated heterocycles. The second kappa shape index (κ2) is 7.73. The highest BCUT2D eigenvalue weighted by atomic mass is 32.2. The standard InChI is InChI=1S/C19H14F2N6S/c1-11-7-16(24-17-10-23-19(26-21)25-18(11)17)12-4-5-15(14(20)8-12)27-28-13-3-2-6-22-9-13/h2-10,27H,1H3,(H,23,25,26). The number of nitrogens with zero attached hydrogens (tertiary/aromatic N) is 4. The number of aryl methyl sites for hydroxylation is 1. The molecular weight excluding hydrogens is 382 g/mol. The highest BCUT2D eigenvalue weighted by molar-refractivity contribution is 8.00. The van der Waals surface area contributed by atoms with Crippen LogP contribution in [0.25, 0.3) is 22.3 Å². The monoisotopic (exact) mass is 396 g/mol. The van der Waals surface area contributed by atoms with Crippen LogP contribution in [0.3, 0.4) is 0 Å². The smallest absolute Gasteiger partial charge is 0.251 e. The van der Waals surface area contributed by atoms with Crippen LogP contribution in [0.2, 0.25) is 0 Å². The minimum absolute atomic E-state index is 0.127. The van der Waals surface area contributed by atoms with Crippen molar-refractivity contribution in [3.63, 3.8) is 0 Å². The van der Waals surface area contributed by atoms with E-state index in [0.29, 0.717) is 28.0 Å². The molecule has 3 aromatic heterocycles. The molecule has 6 nitrogen and oxygen atoms in total. The second-order valence-electron chi connectivity index (χ2n) is 5.93. The number of pyridine rings is 2. The third kappa shape index (κ3) is 3.70. The maximum absolute atomic E-state index is 14.6. The zero-order valence-electron chi connectivity index (χ0n) is 14.6. The van der Waals surface area contributed by atoms with Gasteiger partial charge in [-0.1, -0.05) is 6.07 Å². The molecule has 0 amide bonds. The van der Waals surface area contributed by atoms with Crippen LogP contribution in [0.5, 0.6) is 0 Å². The van der Waals surface area contributed by atoms with Crippen LogP contribution in [0.1, 0.15) is 5.56 Å². The first-order valence-electron chi connectivity index (χ1n) is 8.28. The Balaban J connectivity index is 1.61. The minimum atomic E-state index is -0.401. The number of aromatic nitrogens is 4. The van der Waals surface area contributed by atoms with Crippen molar-refractivity contribution in [3.05, 3.63) is 66.4 Å². The van der Waals surface area contributed by atoms with Gasteiger partial charge in [0.2, 0.25) is 0 Å². The lowest BCUT2D eigenvalue weighted by Gasteiger charge is -2.10. The molecule has 0 aliphatic heterocycles. The van der Waals surface area contributed by atoms with Crippen molar-refractivity contribution in [3.8, 4) is 11.3 Å². The second-order valence-corrected chi connectivity index (χ2v) is 6.81. The molecule has 3 heterocycles. The van der Waals surface area contributed by atoms with Gasteiger partial charge in [0.25, 0.3) is 5.95 Å². The van der Waals surface area contributed by atoms with Gasteiger partial charge in [0.1, 0.15) is 11.3 Å². The Labute approximate surface area is 163 Å². The predicted molar refractivity (Wildman–Crippen MR) is 106 cm³/mol. The quantitative estimate of drug-likeness (QED) is 0.365. The van der Waals surface area contributed by atoms with E-state index in [0.717, 1.165) is 10.5 Å². The van der Waals surface area contributed by atoms with Crippen LogP contribution in [-0.4, -0.2) is 19.9 Å². The van der Waals surface area contributed by atoms with Gasteiger partial charge in [0, 0.05) is 22.9 Å². The molecule has 28 heavy (non-hydrogen) atoms. The molecule has 0 spiro atoms. The molecule has 4 rings (SSSR count). The van der Waals surface area contributed by atoms with E-state index >= 15 is 0 Å². The molecule has 0 saturated carbocycles. The first kappa shape index (κ1) is 18.1. The third-order valence-corrected chi connectivity index (χ3v) is 4.80. The number of halogens is 2. The Hall–Kier alpha value is -3.33. The molecule has 0 unspecified atom stereocenters. The number of fused-ring (bicyclic) bond motifs is 1. The summed E-state index contributed by atoms with van der Waals surface area (Å²) in [6.45, 7) is 1.83. The van der Waals surface area contributed by atoms with E-state index in [9.17, 15) is 8.87 Å². The lowest BCUT2D eigenvalue weighted by atomic mass is 10.1. The highest BCUT2D eigenvalue weighted by Crippen LogP contribution is 2.28. The fraction of sp³-hybridized carbons (Fsp3) is 0.0526. The Bertz CT molecular complexity index is 1140. The summed E-state index contributed by atoms with van der Waals surface area (Å²) in [6.07, 6.45) is 4.80. The molecule has 4 aromatic rings. The van der Waals surface area contributed by atoms with Gasteiger partial charge in [-0.05, 0) is 54.8 Å². The van der Waals surface area contributed by atoms with Gasteiger partial charge in [-0.15, -0.1) is 4.48 Å². The largest absolute Gasteiger partial charge is 0.323 e. The maximum Gasteiger partial charge on any atom is 0.251 e. The van der Waals surface area contributed by atoms with E-state index in [2.05, 4.69) is 24.7 Å². The maximum atomic E-state index is 14.6. The van der Waals surface area contributed by atoms with Gasteiger partial charge < -0.3 is 4.72 Å². The molecule has 1 aromatic carbocycles. The Kier molecular flexibility index (Phi) is 4.98. The molecule has 0 bridgehead atoms. The lowest BCUT2D eigenvalue weighted by Crippen LogP contribution is -1.97. The molecular formula is C19H14F2N6S. The van der Waals surface area contributed by atoms with Crippen molar-refractivity contribution in [2.24, 2.45) is 0 Å². The average Bonchev–Trinajstić information content (AvgIpc) is 2.73. The summed E-state index contributed by atoms with van der Waals surface area (Å²) in [5, 5.41) is 0. The summed E-state index contributed by atoms with van der Waals surface area (Å²) in [5.41, 5.74) is 4.80. The number of nitrogens with one attached hydrogen (secondary N) is 2. The lowest BCUT2D eigenvalue weighted by molar-refractivity contribution is 0.606. The Morgan fingerprint density at radius 1 is 1.07 bits per heavy atom. The van der Waals surface area contributed by atoms with Crippen molar-refractivity contribution in [1.82, 2.24) is 19.9 Å². The SMILES string of the molecule is Cc1cc(-c2ccc(NSc3cccnc3)c(F)c2)nc2cnc(NF)nc12. The van der Waals surface area contributed by atoms with Crippen LogP contribution in [0, 0.1) is 12.7 Å². The zero-order chi connectivity index (χ0) is 19.5. The summed E-state index contributed by atoms with van der Waals surface area (Å²) in [6, 6.07) is 10.3. The van der Waals surface area contributed by atoms with E-state index in [1.54, 1.807) is 30.6 Å². The highest BCUT2D eigenvalue weighted by Gasteiger charge is 2.11. The summed E-state index contributed by atoms with van der Waals surface area (Å²) in [5.74, 6) is -0.528. The minimum Gasteiger partial charge on any atom is -0.323 e. The topological polar surface area (TPSA) is 75.6 Å². The number of anilines is 2. The van der Waals surface area contributed by atoms with E-state index in [1.807, 2.05) is 19.1 Å². The Morgan fingerprint density at radius 2 is 1.96 bits per heavy atom. The van der Waals surface area contributed by atoms with Crippen molar-refractivity contribution in [2.45, 2.75) is 11.8 Å². The summed E-state index contributed by atoms with van der Waals surface area (Å²) in [7, 11) is 0. The van der Waals surface area contributed by atoms with E-state index in [-0.39, 0.29) is 5.95 Å². The van der Waals surface area contributed by atoms with E-state index in [1.165, 1.54) is 29.8 Å². The average molecular weight is 396 g/mol. The van der Waals surface area contributed by atoms with Crippen molar-refractivity contribution in [2.75, 3.05) is 10.3 Å². The third-order valence-electron chi connectivity index (χ3n) is 4.00. The molecule has 2 N–H and O–H groups in total. The molecule has 140 valence electrons. The summed E-state index contributed by atoms with van der Waals surface area (Å²) >= 11 is 1.28. The fourth-order valence-electron chi connectivity index (χ4n) is 2.65. The molecule has 0 aliphatic rings.